The molecule has 2 aliphatic carbocycles. The van der Waals surface area contributed by atoms with Gasteiger partial charge in [-0.2, -0.15) is 0 Å². The number of aliphatic hydroxyl groups is 2. The Hall–Kier alpha value is -5.99. The molecule has 486 valence electrons. The van der Waals surface area contributed by atoms with E-state index in [-0.39, 0.29) is 62.2 Å². The molecule has 8 rings (SSSR count). The van der Waals surface area contributed by atoms with Crippen molar-refractivity contribution in [1.82, 2.24) is 4.90 Å². The number of ketones is 3. The third kappa shape index (κ3) is 15.5. The number of amides is 1. The predicted molar refractivity (Wildman–Crippen MR) is 331 cm³/mol. The summed E-state index contributed by atoms with van der Waals surface area (Å²) in [6.07, 6.45) is 11.0. The van der Waals surface area contributed by atoms with E-state index in [1.54, 1.807) is 54.9 Å². The minimum absolute atomic E-state index is 0.0311. The second-order valence-electron chi connectivity index (χ2n) is 26.5. The van der Waals surface area contributed by atoms with Crippen LogP contribution in [-0.4, -0.2) is 145 Å². The molecule has 2 aromatic carbocycles. The molecule has 1 spiro atoms. The van der Waals surface area contributed by atoms with E-state index in [0.717, 1.165) is 27.8 Å². The number of rotatable bonds is 9. The van der Waals surface area contributed by atoms with E-state index in [2.05, 4.69) is 0 Å². The van der Waals surface area contributed by atoms with E-state index < -0.39 is 131 Å². The van der Waals surface area contributed by atoms with Crippen LogP contribution in [0, 0.1) is 46.8 Å². The first-order chi connectivity index (χ1) is 42.4. The predicted octanol–water partition coefficient (Wildman–Crippen LogP) is 9.83. The van der Waals surface area contributed by atoms with Gasteiger partial charge in [0, 0.05) is 69.4 Å². The Bertz CT molecular complexity index is 2960. The lowest BCUT2D eigenvalue weighted by Crippen LogP contribution is -2.61. The second-order valence-corrected chi connectivity index (χ2v) is 26.5. The van der Waals surface area contributed by atoms with Crippen LogP contribution in [0.5, 0.6) is 0 Å². The van der Waals surface area contributed by atoms with Crippen molar-refractivity contribution >= 4 is 41.2 Å². The summed E-state index contributed by atoms with van der Waals surface area (Å²) in [7, 11) is 3.14. The molecular formula is C71H95NO17. The Balaban J connectivity index is 1.03. The number of fused-ring (bicyclic) bond motifs is 8. The first-order valence-electron chi connectivity index (χ1n) is 32.1. The van der Waals surface area contributed by atoms with Crippen LogP contribution in [0.4, 0.5) is 0 Å². The Kier molecular flexibility index (Phi) is 23.2. The molecule has 4 fully saturated rings. The van der Waals surface area contributed by atoms with Gasteiger partial charge in [-0.05, 0) is 125 Å². The van der Waals surface area contributed by atoms with Crippen molar-refractivity contribution in [3.63, 3.8) is 0 Å². The number of benzene rings is 2. The Morgan fingerprint density at radius 2 is 1.47 bits per heavy atom. The fourth-order valence-corrected chi connectivity index (χ4v) is 14.2. The topological polar surface area (TPSA) is 237 Å². The largest absolute Gasteiger partial charge is 0.461 e. The van der Waals surface area contributed by atoms with Crippen molar-refractivity contribution < 1.29 is 81.7 Å². The number of esters is 3. The number of cyclic esters (lactones) is 1. The molecule has 2 N–H and O–H groups in total. The molecule has 1 saturated carbocycles. The maximum atomic E-state index is 14.8. The van der Waals surface area contributed by atoms with Crippen LogP contribution in [-0.2, 0) is 77.2 Å². The number of hydrogen-bond acceptors (Lipinski definition) is 17. The maximum absolute atomic E-state index is 14.8. The zero-order chi connectivity index (χ0) is 64.5. The van der Waals surface area contributed by atoms with Gasteiger partial charge in [0.05, 0.1) is 44.1 Å². The number of ether oxygens (including phenoxy) is 8. The highest BCUT2D eigenvalue weighted by atomic mass is 16.7. The molecule has 89 heavy (non-hydrogen) atoms. The molecule has 1 amide bonds. The number of piperidine rings is 1. The summed E-state index contributed by atoms with van der Waals surface area (Å²) in [6.45, 7) is 15.0. The summed E-state index contributed by atoms with van der Waals surface area (Å²) < 4.78 is 49.9. The molecule has 2 aromatic rings. The highest BCUT2D eigenvalue weighted by molar-refractivity contribution is 6.39. The zero-order valence-electron chi connectivity index (χ0n) is 53.9. The van der Waals surface area contributed by atoms with Crippen LogP contribution in [0.15, 0.2) is 96.1 Å². The number of methoxy groups -OCH3 is 2. The van der Waals surface area contributed by atoms with Crippen molar-refractivity contribution in [2.45, 2.75) is 194 Å². The highest BCUT2D eigenvalue weighted by Gasteiger charge is 2.55. The van der Waals surface area contributed by atoms with Gasteiger partial charge in [-0.15, -0.1) is 0 Å². The molecule has 6 aliphatic rings. The van der Waals surface area contributed by atoms with Crippen molar-refractivity contribution in [1.29, 1.82) is 0 Å². The summed E-state index contributed by atoms with van der Waals surface area (Å²) in [6, 6.07) is 14.7. The molecule has 18 nitrogen and oxygen atoms in total. The number of aliphatic hydroxyl groups excluding tert-OH is 1. The summed E-state index contributed by atoms with van der Waals surface area (Å²) in [5.41, 5.74) is 3.75. The Morgan fingerprint density at radius 3 is 2.11 bits per heavy atom. The van der Waals surface area contributed by atoms with Crippen molar-refractivity contribution in [3.8, 4) is 11.1 Å². The first kappa shape index (κ1) is 68.9. The van der Waals surface area contributed by atoms with E-state index in [1.807, 2.05) is 99.7 Å². The van der Waals surface area contributed by atoms with Gasteiger partial charge in [0.2, 0.25) is 11.6 Å². The number of Topliss-reactive ketones (excluding diaryl/α,β-unsaturated/α-hetero) is 3. The summed E-state index contributed by atoms with van der Waals surface area (Å²) in [5, 5.41) is 22.9. The van der Waals surface area contributed by atoms with Gasteiger partial charge in [-0.1, -0.05) is 120 Å². The van der Waals surface area contributed by atoms with Crippen molar-refractivity contribution in [2.75, 3.05) is 40.6 Å². The SMILES string of the molecule is CO[C@H]1C[C@@H]2CC[C@@H](C)[C@@](O)(O2)C(=O)C(=O)N2CCCC[C@H]2C(=O)O[C@H]([C@H](C)C[C@@H]2CC[C@@H](OC(=O)C3(C)COC4(OC3)c3ccccc3-c3ccccc34)[C@H](OC)C2)CC(=O)/C(C)=C/C(C)[C@@H](OC(C)=O)[C@@H](CO)C(=O)[C@H](C)C[C@H](C)C=CC=CC=C1C. The molecule has 2 bridgehead atoms. The molecule has 3 saturated heterocycles. The fraction of sp³-hybridized carbons (Fsp3) is 0.620. The molecule has 0 radical (unpaired) electrons. The molecule has 4 heterocycles. The van der Waals surface area contributed by atoms with E-state index in [0.29, 0.717) is 57.8 Å². The molecule has 15 atom stereocenters. The van der Waals surface area contributed by atoms with Gasteiger partial charge < -0.3 is 53.0 Å². The van der Waals surface area contributed by atoms with Gasteiger partial charge in [-0.25, -0.2) is 4.79 Å². The average Bonchev–Trinajstić information content (AvgIpc) is 1.61. The Labute approximate surface area is 525 Å². The van der Waals surface area contributed by atoms with Crippen LogP contribution < -0.4 is 0 Å². The molecule has 0 aromatic heterocycles. The normalized spacial score (nSPS) is 33.6. The summed E-state index contributed by atoms with van der Waals surface area (Å²) in [5.74, 6) is -12.3. The monoisotopic (exact) mass is 1230 g/mol. The molecule has 4 aliphatic heterocycles. The van der Waals surface area contributed by atoms with Gasteiger partial charge >= 0.3 is 17.9 Å². The summed E-state index contributed by atoms with van der Waals surface area (Å²) in [4.78, 5) is 101. The minimum atomic E-state index is -2.49. The van der Waals surface area contributed by atoms with Crippen LogP contribution in [0.3, 0.4) is 0 Å². The number of allylic oxidation sites excluding steroid dienone is 6. The lowest BCUT2D eigenvalue weighted by Gasteiger charge is -2.44. The molecule has 18 heteroatoms. The molecular weight excluding hydrogens is 1140 g/mol. The standard InChI is InChI=1S/C71H95NO17/c1-42-21-13-12-14-22-43(2)60(82-10)37-51-30-28-48(7)70(81,89-51)65(77)66(78)72-32-20-19-27-57(72)67(79)87-61(38-58(75)44(3)34-47(6)64(86-49(8)74)54(39-73)63(76)46(5)33-42)45(4)35-50-29-31-59(62(36-50)83-11)88-68(80)69(9)40-84-71(85-41-69)55-25-17-15-23-52(55)53-24-16-18-26-56(53)71/h12-18,21-26,34,42,45-48,50-51,54,57,59-62,64,73,81H,19-20,27-33,35-41H2,1-11H3/b14-12?,21-13?,43-22?,44-34+/t42-,45-,46-,47?,48-,50+,51+,54+,57+,59-,60+,61+,62-,64-,70-/m1/s1. The first-order valence-corrected chi connectivity index (χ1v) is 32.1. The smallest absolute Gasteiger partial charge is 0.329 e. The minimum Gasteiger partial charge on any atom is -0.461 e. The average molecular weight is 1230 g/mol. The zero-order valence-corrected chi connectivity index (χ0v) is 53.9. The fourth-order valence-electron chi connectivity index (χ4n) is 14.2. The number of carbonyl (C=O) groups excluding carboxylic acids is 7. The van der Waals surface area contributed by atoms with Gasteiger partial charge in [0.15, 0.2) is 5.78 Å². The van der Waals surface area contributed by atoms with Crippen molar-refractivity contribution in [2.24, 2.45) is 46.8 Å². The van der Waals surface area contributed by atoms with Gasteiger partial charge in [0.25, 0.3) is 11.7 Å². The van der Waals surface area contributed by atoms with Gasteiger partial charge in [0.1, 0.15) is 35.6 Å². The van der Waals surface area contributed by atoms with Crippen LogP contribution in [0.25, 0.3) is 11.1 Å². The van der Waals surface area contributed by atoms with Crippen molar-refractivity contribution in [3.05, 3.63) is 107 Å². The number of carbonyl (C=O) groups is 7. The van der Waals surface area contributed by atoms with E-state index in [1.165, 1.54) is 11.8 Å². The molecule has 1 unspecified atom stereocenters. The highest BCUT2D eigenvalue weighted by Crippen LogP contribution is 2.53. The lowest BCUT2D eigenvalue weighted by atomic mass is 9.78. The number of nitrogens with zero attached hydrogens (tertiary/aromatic N) is 1. The van der Waals surface area contributed by atoms with E-state index >= 15 is 0 Å². The Morgan fingerprint density at radius 1 is 0.798 bits per heavy atom. The van der Waals surface area contributed by atoms with Gasteiger partial charge in [-0.3, -0.25) is 28.8 Å². The van der Waals surface area contributed by atoms with Crippen LogP contribution in [0.1, 0.15) is 150 Å². The third-order valence-electron chi connectivity index (χ3n) is 19.7. The number of hydrogen-bond donors (Lipinski definition) is 2. The van der Waals surface area contributed by atoms with E-state index in [4.69, 9.17) is 37.9 Å². The lowest BCUT2D eigenvalue weighted by molar-refractivity contribution is -0.286. The quantitative estimate of drug-likeness (QED) is 0.135. The van der Waals surface area contributed by atoms with E-state index in [9.17, 15) is 43.8 Å². The second kappa shape index (κ2) is 30.0. The summed E-state index contributed by atoms with van der Waals surface area (Å²) >= 11 is 0. The van der Waals surface area contributed by atoms with Crippen LogP contribution in [0.2, 0.25) is 0 Å². The third-order valence-corrected chi connectivity index (χ3v) is 19.7. The van der Waals surface area contributed by atoms with Crippen LogP contribution >= 0.6 is 0 Å². The maximum Gasteiger partial charge on any atom is 0.329 e.